The molecule has 3 rings (SSSR count). The van der Waals surface area contributed by atoms with Gasteiger partial charge >= 0.3 is 0 Å². The number of nitrogens with two attached hydrogens (primary N) is 1. The van der Waals surface area contributed by atoms with E-state index in [-0.39, 0.29) is 12.6 Å². The molecule has 156 valence electrons. The minimum atomic E-state index is -1.17. The first-order valence-corrected chi connectivity index (χ1v) is 14.0. The number of hydrogen-bond donors (Lipinski definition) is 1. The van der Waals surface area contributed by atoms with Crippen LogP contribution in [0.2, 0.25) is 25.7 Å². The molecular formula is C23H33N3O2Si. The number of allylic oxidation sites excluding steroid dienone is 5. The Morgan fingerprint density at radius 3 is 2.83 bits per heavy atom. The van der Waals surface area contributed by atoms with Crippen LogP contribution in [0.5, 0.6) is 0 Å². The van der Waals surface area contributed by atoms with Crippen molar-refractivity contribution in [3.05, 3.63) is 59.0 Å². The average Bonchev–Trinajstić information content (AvgIpc) is 3.08. The molecule has 1 amide bonds. The largest absolute Gasteiger partial charge is 0.399 e. The molecule has 1 aromatic rings. The van der Waals surface area contributed by atoms with Crippen LogP contribution in [0.15, 0.2) is 53.4 Å². The van der Waals surface area contributed by atoms with E-state index in [2.05, 4.69) is 31.5 Å². The normalized spacial score (nSPS) is 22.4. The van der Waals surface area contributed by atoms with Crippen molar-refractivity contribution in [2.24, 2.45) is 5.73 Å². The van der Waals surface area contributed by atoms with Gasteiger partial charge in [-0.15, -0.1) is 0 Å². The summed E-state index contributed by atoms with van der Waals surface area (Å²) in [6, 6.07) is 5.04. The topological polar surface area (TPSA) is 68.5 Å². The second kappa shape index (κ2) is 8.28. The Morgan fingerprint density at radius 2 is 2.14 bits per heavy atom. The van der Waals surface area contributed by atoms with Crippen LogP contribution in [0.1, 0.15) is 32.3 Å². The van der Waals surface area contributed by atoms with E-state index in [4.69, 9.17) is 10.5 Å². The molecule has 2 heterocycles. The van der Waals surface area contributed by atoms with E-state index >= 15 is 0 Å². The summed E-state index contributed by atoms with van der Waals surface area (Å²) in [5.41, 5.74) is 9.59. The third-order valence-electron chi connectivity index (χ3n) is 5.74. The molecule has 0 saturated carbocycles. The maximum Gasteiger partial charge on any atom is 0.241 e. The molecule has 5 nitrogen and oxygen atoms in total. The van der Waals surface area contributed by atoms with Gasteiger partial charge in [0, 0.05) is 32.1 Å². The molecule has 0 aromatic carbocycles. The highest BCUT2D eigenvalue weighted by atomic mass is 28.3. The van der Waals surface area contributed by atoms with Crippen LogP contribution in [0.3, 0.4) is 0 Å². The van der Waals surface area contributed by atoms with Crippen molar-refractivity contribution in [2.45, 2.75) is 57.8 Å². The summed E-state index contributed by atoms with van der Waals surface area (Å²) in [6.45, 7) is 12.0. The Hall–Kier alpha value is -2.18. The maximum atomic E-state index is 13.6. The van der Waals surface area contributed by atoms with Crippen LogP contribution in [-0.4, -0.2) is 32.3 Å². The Balaban J connectivity index is 1.83. The van der Waals surface area contributed by atoms with Crippen LogP contribution in [-0.2, 0) is 14.9 Å². The van der Waals surface area contributed by atoms with Crippen molar-refractivity contribution >= 4 is 19.8 Å². The Morgan fingerprint density at radius 1 is 1.38 bits per heavy atom. The van der Waals surface area contributed by atoms with Crippen LogP contribution in [0.25, 0.3) is 0 Å². The fourth-order valence-corrected chi connectivity index (χ4v) is 4.93. The zero-order valence-corrected chi connectivity index (χ0v) is 19.3. The highest BCUT2D eigenvalue weighted by Crippen LogP contribution is 2.52. The van der Waals surface area contributed by atoms with E-state index in [9.17, 15) is 4.79 Å². The number of aromatic nitrogens is 1. The quantitative estimate of drug-likeness (QED) is 0.407. The molecular weight excluding hydrogens is 378 g/mol. The number of anilines is 1. The van der Waals surface area contributed by atoms with E-state index < -0.39 is 13.5 Å². The lowest BCUT2D eigenvalue weighted by molar-refractivity contribution is -0.124. The number of carbonyl (C=O) groups is 1. The number of nitrogens with zero attached hydrogens (tertiary/aromatic N) is 2. The molecule has 2 N–H and O–H groups in total. The summed E-state index contributed by atoms with van der Waals surface area (Å²) in [5, 5.41) is 0. The first kappa shape index (κ1) is 21.5. The Bertz CT molecular complexity index is 882. The summed E-state index contributed by atoms with van der Waals surface area (Å²) >= 11 is 0. The summed E-state index contributed by atoms with van der Waals surface area (Å²) in [5.74, 6) is 0.830. The average molecular weight is 412 g/mol. The second-order valence-corrected chi connectivity index (χ2v) is 15.0. The van der Waals surface area contributed by atoms with Gasteiger partial charge in [-0.3, -0.25) is 9.69 Å². The molecule has 0 saturated heterocycles. The summed E-state index contributed by atoms with van der Waals surface area (Å²) in [4.78, 5) is 19.9. The van der Waals surface area contributed by atoms with E-state index in [0.29, 0.717) is 25.1 Å². The number of ether oxygens (including phenoxy) is 1. The molecule has 0 fully saturated rings. The van der Waals surface area contributed by atoms with Crippen molar-refractivity contribution < 1.29 is 9.53 Å². The highest BCUT2D eigenvalue weighted by Gasteiger charge is 2.54. The van der Waals surface area contributed by atoms with Crippen molar-refractivity contribution in [3.63, 3.8) is 0 Å². The zero-order valence-electron chi connectivity index (χ0n) is 18.3. The summed E-state index contributed by atoms with van der Waals surface area (Å²) < 4.78 is 5.92. The van der Waals surface area contributed by atoms with Crippen LogP contribution in [0, 0.1) is 0 Å². The molecule has 29 heavy (non-hydrogen) atoms. The van der Waals surface area contributed by atoms with Crippen LogP contribution < -0.4 is 10.6 Å². The number of amides is 1. The smallest absolute Gasteiger partial charge is 0.241 e. The summed E-state index contributed by atoms with van der Waals surface area (Å²) in [7, 11) is -1.17. The molecule has 1 aliphatic heterocycles. The van der Waals surface area contributed by atoms with Gasteiger partial charge in [0.25, 0.3) is 0 Å². The lowest BCUT2D eigenvalue weighted by Crippen LogP contribution is -2.40. The first-order valence-electron chi connectivity index (χ1n) is 10.3. The molecule has 1 aliphatic carbocycles. The molecule has 1 spiro atoms. The number of hydrogen-bond acceptors (Lipinski definition) is 4. The van der Waals surface area contributed by atoms with Crippen molar-refractivity contribution in [1.82, 2.24) is 4.98 Å². The van der Waals surface area contributed by atoms with Gasteiger partial charge < -0.3 is 10.5 Å². The van der Waals surface area contributed by atoms with E-state index in [0.717, 1.165) is 23.0 Å². The number of carbonyl (C=O) groups excluding carboxylic acids is 1. The lowest BCUT2D eigenvalue weighted by atomic mass is 9.78. The molecule has 1 unspecified atom stereocenters. The lowest BCUT2D eigenvalue weighted by Gasteiger charge is -2.24. The fourth-order valence-electron chi connectivity index (χ4n) is 4.17. The van der Waals surface area contributed by atoms with Crippen LogP contribution >= 0.6 is 0 Å². The SMILES string of the molecule is CC=C/C(N)=C\C1=C(C)CC2(C1)C(=O)N(COCC[Si](C)(C)C)c1ncccc12. The molecule has 2 aliphatic rings. The molecule has 1 aromatic heterocycles. The van der Waals surface area contributed by atoms with Gasteiger partial charge in [0.1, 0.15) is 12.5 Å². The minimum absolute atomic E-state index is 0.0894. The van der Waals surface area contributed by atoms with Crippen molar-refractivity contribution in [2.75, 3.05) is 18.2 Å². The van der Waals surface area contributed by atoms with Gasteiger partial charge in [0.15, 0.2) is 0 Å². The van der Waals surface area contributed by atoms with Gasteiger partial charge in [0.2, 0.25) is 5.91 Å². The number of fused-ring (bicyclic) bond motifs is 2. The Labute approximate surface area is 175 Å². The third-order valence-corrected chi connectivity index (χ3v) is 7.44. The predicted molar refractivity (Wildman–Crippen MR) is 121 cm³/mol. The maximum absolute atomic E-state index is 13.6. The van der Waals surface area contributed by atoms with Gasteiger partial charge in [-0.2, -0.15) is 0 Å². The van der Waals surface area contributed by atoms with Gasteiger partial charge in [-0.25, -0.2) is 4.98 Å². The van der Waals surface area contributed by atoms with E-state index in [1.165, 1.54) is 5.57 Å². The third kappa shape index (κ3) is 4.38. The standard InChI is InChI=1S/C23H33N3O2Si/c1-6-8-19(24)13-18-15-23(14-17(18)2)20-9-7-10-25-21(20)26(22(23)27)16-28-11-12-29(3,4)5/h6-10,13H,11-12,14-16,24H2,1-5H3/b8-6?,19-13+. The predicted octanol–water partition coefficient (Wildman–Crippen LogP) is 4.51. The van der Waals surface area contributed by atoms with Crippen molar-refractivity contribution in [1.29, 1.82) is 0 Å². The number of rotatable bonds is 7. The van der Waals surface area contributed by atoms with Gasteiger partial charge in [-0.05, 0) is 56.5 Å². The van der Waals surface area contributed by atoms with Gasteiger partial charge in [0.05, 0.1) is 5.41 Å². The zero-order chi connectivity index (χ0) is 21.2. The second-order valence-electron chi connectivity index (χ2n) is 9.34. The first-order chi connectivity index (χ1) is 13.7. The van der Waals surface area contributed by atoms with E-state index in [1.807, 2.05) is 37.3 Å². The Kier molecular flexibility index (Phi) is 6.15. The highest BCUT2D eigenvalue weighted by molar-refractivity contribution is 6.76. The summed E-state index contributed by atoms with van der Waals surface area (Å²) in [6.07, 6.45) is 8.91. The van der Waals surface area contributed by atoms with E-state index in [1.54, 1.807) is 11.1 Å². The molecule has 0 bridgehead atoms. The van der Waals surface area contributed by atoms with Gasteiger partial charge in [-0.1, -0.05) is 37.4 Å². The molecule has 6 heteroatoms. The van der Waals surface area contributed by atoms with Crippen LogP contribution in [0.4, 0.5) is 5.82 Å². The molecule has 1 atom stereocenters. The number of pyridine rings is 1. The minimum Gasteiger partial charge on any atom is -0.399 e. The molecule has 0 radical (unpaired) electrons. The monoisotopic (exact) mass is 411 g/mol. The fraction of sp³-hybridized carbons (Fsp3) is 0.478. The van der Waals surface area contributed by atoms with Crippen molar-refractivity contribution in [3.8, 4) is 0 Å².